The smallest absolute Gasteiger partial charge is 0.119 e. The summed E-state index contributed by atoms with van der Waals surface area (Å²) < 4.78 is 11.3. The van der Waals surface area contributed by atoms with Crippen molar-refractivity contribution in [1.82, 2.24) is 0 Å². The van der Waals surface area contributed by atoms with Crippen molar-refractivity contribution in [2.24, 2.45) is 0 Å². The molecule has 112 valence electrons. The molecule has 2 aromatic rings. The molecule has 3 heteroatoms. The number of para-hydroxylation sites is 1. The molecule has 1 N–H and O–H groups in total. The Bertz CT molecular complexity index is 523. The molecule has 0 amide bonds. The second-order valence-electron chi connectivity index (χ2n) is 5.47. The monoisotopic (exact) mass is 286 g/mol. The summed E-state index contributed by atoms with van der Waals surface area (Å²) in [6.45, 7) is 4.43. The normalized spacial score (nSPS) is 12.9. The van der Waals surface area contributed by atoms with Gasteiger partial charge in [0.15, 0.2) is 0 Å². The number of aliphatic hydroxyl groups is 1. The van der Waals surface area contributed by atoms with Crippen molar-refractivity contribution in [2.45, 2.75) is 25.6 Å². The van der Waals surface area contributed by atoms with Gasteiger partial charge in [0.1, 0.15) is 18.5 Å². The van der Waals surface area contributed by atoms with Gasteiger partial charge in [-0.1, -0.05) is 48.5 Å². The van der Waals surface area contributed by atoms with Gasteiger partial charge < -0.3 is 14.6 Å². The summed E-state index contributed by atoms with van der Waals surface area (Å²) in [5, 5.41) is 9.97. The van der Waals surface area contributed by atoms with E-state index in [4.69, 9.17) is 9.47 Å². The predicted octanol–water partition coefficient (Wildman–Crippen LogP) is 3.38. The molecule has 0 bridgehead atoms. The largest absolute Gasteiger partial charge is 0.491 e. The third-order valence-corrected chi connectivity index (χ3v) is 3.29. The van der Waals surface area contributed by atoms with E-state index in [0.29, 0.717) is 0 Å². The van der Waals surface area contributed by atoms with Crippen LogP contribution in [0.2, 0.25) is 0 Å². The molecule has 0 aliphatic carbocycles. The maximum absolute atomic E-state index is 9.97. The molecular formula is C18H22O3. The minimum absolute atomic E-state index is 0.217. The lowest BCUT2D eigenvalue weighted by atomic mass is 9.98. The first kappa shape index (κ1) is 15.5. The van der Waals surface area contributed by atoms with Crippen molar-refractivity contribution in [3.63, 3.8) is 0 Å². The SMILES string of the molecule is CC(C)(OCC(O)COc1ccccc1)c1ccccc1. The van der Waals surface area contributed by atoms with Gasteiger partial charge in [0.25, 0.3) is 0 Å². The maximum atomic E-state index is 9.97. The van der Waals surface area contributed by atoms with Gasteiger partial charge in [0.05, 0.1) is 12.2 Å². The fourth-order valence-corrected chi connectivity index (χ4v) is 1.98. The van der Waals surface area contributed by atoms with E-state index in [-0.39, 0.29) is 13.2 Å². The lowest BCUT2D eigenvalue weighted by Crippen LogP contribution is -2.30. The number of ether oxygens (including phenoxy) is 2. The summed E-state index contributed by atoms with van der Waals surface area (Å²) in [5.74, 6) is 0.749. The van der Waals surface area contributed by atoms with Crippen molar-refractivity contribution < 1.29 is 14.6 Å². The fourth-order valence-electron chi connectivity index (χ4n) is 1.98. The molecule has 0 heterocycles. The molecule has 0 aliphatic heterocycles. The van der Waals surface area contributed by atoms with Gasteiger partial charge >= 0.3 is 0 Å². The van der Waals surface area contributed by atoms with Gasteiger partial charge in [-0.3, -0.25) is 0 Å². The first-order chi connectivity index (χ1) is 10.1. The second-order valence-corrected chi connectivity index (χ2v) is 5.47. The quantitative estimate of drug-likeness (QED) is 0.848. The van der Waals surface area contributed by atoms with Crippen LogP contribution in [-0.2, 0) is 10.3 Å². The van der Waals surface area contributed by atoms with Crippen LogP contribution < -0.4 is 4.74 Å². The minimum Gasteiger partial charge on any atom is -0.491 e. The Morgan fingerprint density at radius 3 is 2.10 bits per heavy atom. The fraction of sp³-hybridized carbons (Fsp3) is 0.333. The van der Waals surface area contributed by atoms with E-state index in [1.54, 1.807) is 0 Å². The number of hydrogen-bond acceptors (Lipinski definition) is 3. The summed E-state index contributed by atoms with van der Waals surface area (Å²) in [4.78, 5) is 0. The van der Waals surface area contributed by atoms with Crippen LogP contribution in [0, 0.1) is 0 Å². The van der Waals surface area contributed by atoms with Crippen LogP contribution in [0.3, 0.4) is 0 Å². The summed E-state index contributed by atoms with van der Waals surface area (Å²) in [5.41, 5.74) is 0.649. The van der Waals surface area contributed by atoms with E-state index in [2.05, 4.69) is 0 Å². The molecule has 0 aliphatic rings. The molecule has 0 saturated heterocycles. The van der Waals surface area contributed by atoms with Gasteiger partial charge in [-0.25, -0.2) is 0 Å². The van der Waals surface area contributed by atoms with E-state index in [1.165, 1.54) is 0 Å². The van der Waals surface area contributed by atoms with Crippen LogP contribution in [0.4, 0.5) is 0 Å². The molecule has 21 heavy (non-hydrogen) atoms. The van der Waals surface area contributed by atoms with E-state index < -0.39 is 11.7 Å². The molecule has 1 unspecified atom stereocenters. The van der Waals surface area contributed by atoms with Crippen LogP contribution in [0.25, 0.3) is 0 Å². The average molecular weight is 286 g/mol. The van der Waals surface area contributed by atoms with Crippen LogP contribution >= 0.6 is 0 Å². The summed E-state index contributed by atoms with van der Waals surface area (Å²) in [6, 6.07) is 19.4. The Hall–Kier alpha value is -1.84. The highest BCUT2D eigenvalue weighted by Crippen LogP contribution is 2.24. The standard InChI is InChI=1S/C18H22O3/c1-18(2,15-9-5-3-6-10-15)21-14-16(19)13-20-17-11-7-4-8-12-17/h3-12,16,19H,13-14H2,1-2H3. The molecule has 3 nitrogen and oxygen atoms in total. The van der Waals surface area contributed by atoms with Crippen molar-refractivity contribution >= 4 is 0 Å². The lowest BCUT2D eigenvalue weighted by molar-refractivity contribution is -0.0717. The predicted molar refractivity (Wildman–Crippen MR) is 83.4 cm³/mol. The molecule has 1 atom stereocenters. The Morgan fingerprint density at radius 2 is 1.48 bits per heavy atom. The van der Waals surface area contributed by atoms with E-state index in [0.717, 1.165) is 11.3 Å². The highest BCUT2D eigenvalue weighted by Gasteiger charge is 2.22. The molecular weight excluding hydrogens is 264 g/mol. The third kappa shape index (κ3) is 4.88. The number of hydrogen-bond donors (Lipinski definition) is 1. The maximum Gasteiger partial charge on any atom is 0.119 e. The van der Waals surface area contributed by atoms with Crippen molar-refractivity contribution in [3.8, 4) is 5.75 Å². The Morgan fingerprint density at radius 1 is 0.905 bits per heavy atom. The topological polar surface area (TPSA) is 38.7 Å². The van der Waals surface area contributed by atoms with Gasteiger partial charge in [-0.2, -0.15) is 0 Å². The minimum atomic E-state index is -0.659. The second kappa shape index (κ2) is 7.25. The van der Waals surface area contributed by atoms with E-state index in [1.807, 2.05) is 74.5 Å². The summed E-state index contributed by atoms with van der Waals surface area (Å²) in [6.07, 6.45) is -0.659. The Kier molecular flexibility index (Phi) is 5.37. The van der Waals surface area contributed by atoms with E-state index >= 15 is 0 Å². The van der Waals surface area contributed by atoms with Gasteiger partial charge in [-0.05, 0) is 31.5 Å². The first-order valence-electron chi connectivity index (χ1n) is 7.13. The zero-order valence-electron chi connectivity index (χ0n) is 12.5. The number of aliphatic hydroxyl groups excluding tert-OH is 1. The lowest BCUT2D eigenvalue weighted by Gasteiger charge is -2.27. The van der Waals surface area contributed by atoms with Crippen LogP contribution in [0.1, 0.15) is 19.4 Å². The van der Waals surface area contributed by atoms with Crippen LogP contribution in [0.5, 0.6) is 5.75 Å². The summed E-state index contributed by atoms with van der Waals surface area (Å²) in [7, 11) is 0. The molecule has 0 fully saturated rings. The third-order valence-electron chi connectivity index (χ3n) is 3.29. The highest BCUT2D eigenvalue weighted by molar-refractivity contribution is 5.21. The van der Waals surface area contributed by atoms with Gasteiger partial charge in [0, 0.05) is 0 Å². The van der Waals surface area contributed by atoms with Crippen LogP contribution in [-0.4, -0.2) is 24.4 Å². The number of rotatable bonds is 7. The molecule has 0 aromatic heterocycles. The average Bonchev–Trinajstić information content (AvgIpc) is 2.53. The Labute approximate surface area is 126 Å². The highest BCUT2D eigenvalue weighted by atomic mass is 16.5. The van der Waals surface area contributed by atoms with Crippen LogP contribution in [0.15, 0.2) is 60.7 Å². The van der Waals surface area contributed by atoms with Crippen molar-refractivity contribution in [2.75, 3.05) is 13.2 Å². The van der Waals surface area contributed by atoms with Gasteiger partial charge in [-0.15, -0.1) is 0 Å². The Balaban J connectivity index is 1.79. The zero-order chi connectivity index (χ0) is 15.1. The molecule has 2 rings (SSSR count). The first-order valence-corrected chi connectivity index (χ1v) is 7.13. The van der Waals surface area contributed by atoms with Gasteiger partial charge in [0.2, 0.25) is 0 Å². The number of benzene rings is 2. The van der Waals surface area contributed by atoms with E-state index in [9.17, 15) is 5.11 Å². The molecule has 0 spiro atoms. The summed E-state index contributed by atoms with van der Waals surface area (Å²) >= 11 is 0. The molecule has 0 saturated carbocycles. The molecule has 0 radical (unpaired) electrons. The van der Waals surface area contributed by atoms with Crippen molar-refractivity contribution in [3.05, 3.63) is 66.2 Å². The molecule has 2 aromatic carbocycles. The zero-order valence-corrected chi connectivity index (χ0v) is 12.5. The van der Waals surface area contributed by atoms with Crippen molar-refractivity contribution in [1.29, 1.82) is 0 Å².